The molecule has 1 heterocycles. The molecule has 84 valence electrons. The van der Waals surface area contributed by atoms with E-state index in [1.165, 1.54) is 20.5 Å². The van der Waals surface area contributed by atoms with E-state index >= 15 is 0 Å². The van der Waals surface area contributed by atoms with Crippen molar-refractivity contribution in [2.45, 2.75) is 20.4 Å². The molecule has 0 radical (unpaired) electrons. The fourth-order valence-electron chi connectivity index (χ4n) is 1.69. The summed E-state index contributed by atoms with van der Waals surface area (Å²) in [4.78, 5) is 0. The van der Waals surface area contributed by atoms with Crippen molar-refractivity contribution >= 4 is 22.6 Å². The van der Waals surface area contributed by atoms with E-state index in [2.05, 4.69) is 82.9 Å². The minimum absolute atomic E-state index is 0.854. The van der Waals surface area contributed by atoms with Crippen molar-refractivity contribution in [1.29, 1.82) is 0 Å². The van der Waals surface area contributed by atoms with Crippen molar-refractivity contribution in [3.05, 3.63) is 56.9 Å². The molecule has 0 unspecified atom stereocenters. The molecule has 0 amide bonds. The van der Waals surface area contributed by atoms with Crippen LogP contribution < -0.4 is 5.43 Å². The molecule has 0 aliphatic rings. The Labute approximate surface area is 110 Å². The highest BCUT2D eigenvalue weighted by molar-refractivity contribution is 14.1. The largest absolute Gasteiger partial charge is 0.322 e. The Hall–Kier alpha value is -0.970. The second-order valence-corrected chi connectivity index (χ2v) is 5.16. The summed E-state index contributed by atoms with van der Waals surface area (Å²) >= 11 is 2.32. The zero-order valence-electron chi connectivity index (χ0n) is 9.50. The number of halogens is 1. The second kappa shape index (κ2) is 4.91. The molecule has 0 atom stereocenters. The van der Waals surface area contributed by atoms with E-state index in [0.717, 1.165) is 6.54 Å². The van der Waals surface area contributed by atoms with Crippen molar-refractivity contribution in [1.82, 2.24) is 4.68 Å². The summed E-state index contributed by atoms with van der Waals surface area (Å²) in [7, 11) is 0. The maximum Gasteiger partial charge on any atom is 0.0564 e. The first kappa shape index (κ1) is 11.5. The van der Waals surface area contributed by atoms with Crippen LogP contribution in [0.2, 0.25) is 0 Å². The minimum Gasteiger partial charge on any atom is -0.322 e. The molecule has 2 nitrogen and oxygen atoms in total. The zero-order chi connectivity index (χ0) is 11.5. The fraction of sp³-hybridized carbons (Fsp3) is 0.231. The summed E-state index contributed by atoms with van der Waals surface area (Å²) in [6, 6.07) is 12.8. The molecule has 16 heavy (non-hydrogen) atoms. The molecule has 2 rings (SSSR count). The summed E-state index contributed by atoms with van der Waals surface area (Å²) in [6.07, 6.45) is 0. The van der Waals surface area contributed by atoms with Crippen molar-refractivity contribution < 1.29 is 0 Å². The molecule has 0 bridgehead atoms. The molecule has 0 aliphatic carbocycles. The number of nitrogens with one attached hydrogen (secondary N) is 1. The fourth-order valence-corrected chi connectivity index (χ4v) is 2.05. The van der Waals surface area contributed by atoms with E-state index in [1.807, 2.05) is 0 Å². The van der Waals surface area contributed by atoms with Crippen LogP contribution in [0.15, 0.2) is 36.4 Å². The molecule has 0 aliphatic heterocycles. The molecular formula is C13H15IN2. The molecule has 1 N–H and O–H groups in total. The lowest BCUT2D eigenvalue weighted by Gasteiger charge is -2.12. The van der Waals surface area contributed by atoms with Crippen molar-refractivity contribution in [2.24, 2.45) is 0 Å². The first-order valence-electron chi connectivity index (χ1n) is 5.30. The Morgan fingerprint density at radius 3 is 2.12 bits per heavy atom. The highest BCUT2D eigenvalue weighted by Gasteiger charge is 1.99. The number of rotatable bonds is 3. The summed E-state index contributed by atoms with van der Waals surface area (Å²) in [5.41, 5.74) is 7.19. The molecule has 1 aromatic heterocycles. The van der Waals surface area contributed by atoms with Crippen LogP contribution >= 0.6 is 22.6 Å². The quantitative estimate of drug-likeness (QED) is 0.855. The molecular weight excluding hydrogens is 311 g/mol. The van der Waals surface area contributed by atoms with Gasteiger partial charge in [-0.05, 0) is 66.3 Å². The van der Waals surface area contributed by atoms with Crippen LogP contribution in [-0.2, 0) is 6.54 Å². The van der Waals surface area contributed by atoms with Gasteiger partial charge < -0.3 is 5.43 Å². The van der Waals surface area contributed by atoms with E-state index < -0.39 is 0 Å². The summed E-state index contributed by atoms with van der Waals surface area (Å²) in [5.74, 6) is 0. The van der Waals surface area contributed by atoms with Gasteiger partial charge >= 0.3 is 0 Å². The lowest BCUT2D eigenvalue weighted by atomic mass is 10.2. The number of aromatic nitrogens is 1. The van der Waals surface area contributed by atoms with Crippen LogP contribution in [-0.4, -0.2) is 4.68 Å². The Morgan fingerprint density at radius 1 is 1.00 bits per heavy atom. The smallest absolute Gasteiger partial charge is 0.0564 e. The average molecular weight is 326 g/mol. The molecule has 2 aromatic rings. The number of hydrogen-bond donors (Lipinski definition) is 1. The number of hydrogen-bond acceptors (Lipinski definition) is 1. The van der Waals surface area contributed by atoms with E-state index in [9.17, 15) is 0 Å². The van der Waals surface area contributed by atoms with Crippen molar-refractivity contribution in [2.75, 3.05) is 5.43 Å². The highest BCUT2D eigenvalue weighted by atomic mass is 127. The average Bonchev–Trinajstić information content (AvgIpc) is 2.59. The minimum atomic E-state index is 0.854. The number of aryl methyl sites for hydroxylation is 2. The maximum absolute atomic E-state index is 3.41. The third-order valence-electron chi connectivity index (χ3n) is 2.63. The molecule has 0 saturated carbocycles. The first-order chi connectivity index (χ1) is 7.66. The van der Waals surface area contributed by atoms with Gasteiger partial charge in [0.2, 0.25) is 0 Å². The van der Waals surface area contributed by atoms with E-state index in [0.29, 0.717) is 0 Å². The predicted octanol–water partition coefficient (Wildman–Crippen LogP) is 3.45. The Morgan fingerprint density at radius 2 is 1.56 bits per heavy atom. The van der Waals surface area contributed by atoms with Crippen LogP contribution in [0, 0.1) is 17.4 Å². The lowest BCUT2D eigenvalue weighted by molar-refractivity contribution is 0.792. The third-order valence-corrected chi connectivity index (χ3v) is 3.34. The van der Waals surface area contributed by atoms with E-state index in [-0.39, 0.29) is 0 Å². The monoisotopic (exact) mass is 326 g/mol. The van der Waals surface area contributed by atoms with Gasteiger partial charge in [0, 0.05) is 15.0 Å². The van der Waals surface area contributed by atoms with Gasteiger partial charge in [0.05, 0.1) is 6.54 Å². The summed E-state index contributed by atoms with van der Waals surface area (Å²) < 4.78 is 3.40. The van der Waals surface area contributed by atoms with Gasteiger partial charge in [-0.15, -0.1) is 0 Å². The molecule has 0 spiro atoms. The third kappa shape index (κ3) is 2.58. The second-order valence-electron chi connectivity index (χ2n) is 3.91. The SMILES string of the molecule is Cc1ccc(C)n1NCc1ccc(I)cc1. The van der Waals surface area contributed by atoms with E-state index in [4.69, 9.17) is 0 Å². The molecule has 1 aromatic carbocycles. The number of benzene rings is 1. The van der Waals surface area contributed by atoms with Crippen molar-refractivity contribution in [3.8, 4) is 0 Å². The van der Waals surface area contributed by atoms with E-state index in [1.54, 1.807) is 0 Å². The normalized spacial score (nSPS) is 10.4. The van der Waals surface area contributed by atoms with Gasteiger partial charge in [0.25, 0.3) is 0 Å². The zero-order valence-corrected chi connectivity index (χ0v) is 11.7. The van der Waals surface area contributed by atoms with Crippen LogP contribution in [0.1, 0.15) is 17.0 Å². The standard InChI is InChI=1S/C13H15IN2/c1-10-3-4-11(2)16(10)15-9-12-5-7-13(14)8-6-12/h3-8,15H,9H2,1-2H3. The topological polar surface area (TPSA) is 17.0 Å². The van der Waals surface area contributed by atoms with Crippen LogP contribution in [0.4, 0.5) is 0 Å². The molecule has 0 fully saturated rings. The van der Waals surface area contributed by atoms with Gasteiger partial charge in [-0.1, -0.05) is 12.1 Å². The maximum atomic E-state index is 3.41. The van der Waals surface area contributed by atoms with Gasteiger partial charge in [-0.2, -0.15) is 0 Å². The van der Waals surface area contributed by atoms with Gasteiger partial charge in [0.15, 0.2) is 0 Å². The first-order valence-corrected chi connectivity index (χ1v) is 6.38. The highest BCUT2D eigenvalue weighted by Crippen LogP contribution is 2.08. The Bertz CT molecular complexity index is 452. The summed E-state index contributed by atoms with van der Waals surface area (Å²) in [6.45, 7) is 5.06. The van der Waals surface area contributed by atoms with Gasteiger partial charge in [-0.3, -0.25) is 4.68 Å². The summed E-state index contributed by atoms with van der Waals surface area (Å²) in [5, 5.41) is 0. The number of nitrogens with zero attached hydrogens (tertiary/aromatic N) is 1. The predicted molar refractivity (Wildman–Crippen MR) is 76.1 cm³/mol. The Balaban J connectivity index is 2.05. The van der Waals surface area contributed by atoms with Gasteiger partial charge in [0.1, 0.15) is 0 Å². The van der Waals surface area contributed by atoms with Crippen LogP contribution in [0.5, 0.6) is 0 Å². The lowest BCUT2D eigenvalue weighted by Crippen LogP contribution is -2.16. The van der Waals surface area contributed by atoms with Crippen LogP contribution in [0.25, 0.3) is 0 Å². The Kier molecular flexibility index (Phi) is 3.53. The molecule has 0 saturated heterocycles. The van der Waals surface area contributed by atoms with Crippen LogP contribution in [0.3, 0.4) is 0 Å². The van der Waals surface area contributed by atoms with Crippen molar-refractivity contribution in [3.63, 3.8) is 0 Å². The van der Waals surface area contributed by atoms with Gasteiger partial charge in [-0.25, -0.2) is 0 Å². The molecule has 3 heteroatoms.